The van der Waals surface area contributed by atoms with Crippen molar-refractivity contribution in [3.8, 4) is 0 Å². The molecule has 0 saturated heterocycles. The lowest BCUT2D eigenvalue weighted by molar-refractivity contribution is -0.150. The van der Waals surface area contributed by atoms with E-state index in [0.717, 1.165) is 23.1 Å². The highest BCUT2D eigenvalue weighted by molar-refractivity contribution is 7.89. The van der Waals surface area contributed by atoms with Gasteiger partial charge in [0.05, 0.1) is 10.9 Å². The van der Waals surface area contributed by atoms with Crippen molar-refractivity contribution in [2.24, 2.45) is 5.92 Å². The van der Waals surface area contributed by atoms with Crippen LogP contribution < -0.4 is 4.72 Å². The van der Waals surface area contributed by atoms with Crippen LogP contribution in [-0.4, -0.2) is 20.5 Å². The molecule has 2 aliphatic rings. The first-order chi connectivity index (χ1) is 13.4. The van der Waals surface area contributed by atoms with Gasteiger partial charge >= 0.3 is 5.97 Å². The fourth-order valence-electron chi connectivity index (χ4n) is 3.72. The van der Waals surface area contributed by atoms with Gasteiger partial charge in [0, 0.05) is 12.8 Å². The molecule has 2 aromatic rings. The fourth-order valence-corrected chi connectivity index (χ4v) is 4.96. The number of sulfonamides is 1. The average Bonchev–Trinajstić information content (AvgIpc) is 3.44. The fraction of sp³-hybridized carbons (Fsp3) is 0.409. The Morgan fingerprint density at radius 2 is 1.82 bits per heavy atom. The lowest BCUT2D eigenvalue weighted by Crippen LogP contribution is -2.36. The van der Waals surface area contributed by atoms with E-state index in [0.29, 0.717) is 18.8 Å². The highest BCUT2D eigenvalue weighted by Gasteiger charge is 2.38. The maximum absolute atomic E-state index is 12.9. The van der Waals surface area contributed by atoms with E-state index >= 15 is 0 Å². The number of carbonyl (C=O) groups excluding carboxylic acids is 1. The van der Waals surface area contributed by atoms with Gasteiger partial charge in [0.2, 0.25) is 10.0 Å². The maximum atomic E-state index is 12.9. The van der Waals surface area contributed by atoms with E-state index in [2.05, 4.69) is 4.72 Å². The highest BCUT2D eigenvalue weighted by Crippen LogP contribution is 2.36. The van der Waals surface area contributed by atoms with E-state index in [1.165, 1.54) is 12.8 Å². The molecule has 28 heavy (non-hydrogen) atoms. The molecule has 1 saturated carbocycles. The van der Waals surface area contributed by atoms with Crippen LogP contribution in [0.3, 0.4) is 0 Å². The molecule has 6 heteroatoms. The Balaban J connectivity index is 1.53. The quantitative estimate of drug-likeness (QED) is 0.721. The third-order valence-electron chi connectivity index (χ3n) is 5.53. The molecule has 2 aromatic carbocycles. The van der Waals surface area contributed by atoms with Crippen LogP contribution in [0.2, 0.25) is 0 Å². The number of aryl methyl sites for hydroxylation is 1. The summed E-state index contributed by atoms with van der Waals surface area (Å²) in [4.78, 5) is 12.5. The Bertz CT molecular complexity index is 964. The molecule has 1 N–H and O–H groups in total. The minimum atomic E-state index is -3.73. The zero-order valence-corrected chi connectivity index (χ0v) is 16.7. The largest absolute Gasteiger partial charge is 0.460 e. The van der Waals surface area contributed by atoms with Gasteiger partial charge in [0.1, 0.15) is 6.10 Å². The predicted molar refractivity (Wildman–Crippen MR) is 106 cm³/mol. The van der Waals surface area contributed by atoms with Crippen molar-refractivity contribution in [1.82, 2.24) is 4.72 Å². The Hall–Kier alpha value is -2.18. The number of benzene rings is 2. The summed E-state index contributed by atoms with van der Waals surface area (Å²) in [5.41, 5.74) is 2.88. The number of esters is 1. The van der Waals surface area contributed by atoms with E-state index in [4.69, 9.17) is 4.74 Å². The molecule has 2 aliphatic carbocycles. The summed E-state index contributed by atoms with van der Waals surface area (Å²) < 4.78 is 34.3. The lowest BCUT2D eigenvalue weighted by Gasteiger charge is -2.22. The van der Waals surface area contributed by atoms with Crippen molar-refractivity contribution in [2.75, 3.05) is 0 Å². The van der Waals surface area contributed by atoms with Gasteiger partial charge in [-0.3, -0.25) is 4.79 Å². The molecule has 0 aromatic heterocycles. The van der Waals surface area contributed by atoms with E-state index in [-0.39, 0.29) is 10.9 Å². The molecule has 0 heterocycles. The van der Waals surface area contributed by atoms with Gasteiger partial charge in [0.15, 0.2) is 0 Å². The summed E-state index contributed by atoms with van der Waals surface area (Å²) in [5, 5.41) is 0. The van der Waals surface area contributed by atoms with Crippen LogP contribution in [0.1, 0.15) is 48.4 Å². The second kappa shape index (κ2) is 7.68. The molecular formula is C22H25NO4S. The van der Waals surface area contributed by atoms with Crippen LogP contribution in [0.25, 0.3) is 0 Å². The normalized spacial score (nSPS) is 21.3. The molecular weight excluding hydrogens is 374 g/mol. The van der Waals surface area contributed by atoms with E-state index in [1.54, 1.807) is 24.3 Å². The van der Waals surface area contributed by atoms with Gasteiger partial charge in [-0.15, -0.1) is 0 Å². The van der Waals surface area contributed by atoms with E-state index in [9.17, 15) is 13.2 Å². The number of ether oxygens (including phenoxy) is 1. The second-order valence-electron chi connectivity index (χ2n) is 7.83. The maximum Gasteiger partial charge on any atom is 0.306 e. The van der Waals surface area contributed by atoms with Crippen LogP contribution >= 0.6 is 0 Å². The van der Waals surface area contributed by atoms with Gasteiger partial charge in [-0.25, -0.2) is 8.42 Å². The smallest absolute Gasteiger partial charge is 0.306 e. The number of nitrogens with one attached hydrogen (secondary N) is 1. The Labute approximate surface area is 166 Å². The van der Waals surface area contributed by atoms with Crippen molar-refractivity contribution in [1.29, 1.82) is 0 Å². The van der Waals surface area contributed by atoms with Crippen molar-refractivity contribution in [2.45, 2.75) is 56.1 Å². The monoisotopic (exact) mass is 399 g/mol. The first-order valence-corrected chi connectivity index (χ1v) is 11.3. The molecule has 0 radical (unpaired) electrons. The third-order valence-corrected chi connectivity index (χ3v) is 6.99. The average molecular weight is 400 g/mol. The van der Waals surface area contributed by atoms with Crippen LogP contribution in [-0.2, 0) is 26.0 Å². The summed E-state index contributed by atoms with van der Waals surface area (Å²) in [6, 6.07) is 13.8. The summed E-state index contributed by atoms with van der Waals surface area (Å²) in [5.74, 6) is 0.411. The molecule has 0 amide bonds. The SMILES string of the molecule is Cc1ccc(S(=O)(=O)N[C@@H]2c3ccccc3C[C@@H]2OC(=O)CCC2CC2)cc1. The standard InChI is InChI=1S/C22H25NO4S/c1-15-6-11-18(12-7-15)28(25,26)23-22-19-5-3-2-4-17(19)14-20(22)27-21(24)13-10-16-8-9-16/h2-7,11-12,16,20,22-23H,8-10,13-14H2,1H3/t20-,22+/m0/s1. The molecule has 148 valence electrons. The predicted octanol–water partition coefficient (Wildman–Crippen LogP) is 3.67. The highest BCUT2D eigenvalue weighted by atomic mass is 32.2. The molecule has 0 spiro atoms. The molecule has 0 bridgehead atoms. The van der Waals surface area contributed by atoms with Gasteiger partial charge in [-0.2, -0.15) is 4.72 Å². The number of carbonyl (C=O) groups is 1. The molecule has 0 aliphatic heterocycles. The van der Waals surface area contributed by atoms with Crippen molar-refractivity contribution >= 4 is 16.0 Å². The minimum absolute atomic E-state index is 0.210. The van der Waals surface area contributed by atoms with Crippen LogP contribution in [0.4, 0.5) is 0 Å². The number of fused-ring (bicyclic) bond motifs is 1. The summed E-state index contributed by atoms with van der Waals surface area (Å²) in [6.45, 7) is 1.91. The summed E-state index contributed by atoms with van der Waals surface area (Å²) in [7, 11) is -3.73. The van der Waals surface area contributed by atoms with Gasteiger partial charge < -0.3 is 4.74 Å². The zero-order chi connectivity index (χ0) is 19.7. The van der Waals surface area contributed by atoms with E-state index in [1.807, 2.05) is 31.2 Å². The van der Waals surface area contributed by atoms with Crippen LogP contribution in [0, 0.1) is 12.8 Å². The van der Waals surface area contributed by atoms with Crippen molar-refractivity contribution in [3.63, 3.8) is 0 Å². The second-order valence-corrected chi connectivity index (χ2v) is 9.54. The summed E-state index contributed by atoms with van der Waals surface area (Å²) in [6.07, 6.45) is 3.64. The molecule has 2 atom stereocenters. The van der Waals surface area contributed by atoms with Crippen LogP contribution in [0.5, 0.6) is 0 Å². The Morgan fingerprint density at radius 3 is 2.54 bits per heavy atom. The molecule has 0 unspecified atom stereocenters. The first kappa shape index (κ1) is 19.2. The van der Waals surface area contributed by atoms with Crippen molar-refractivity contribution < 1.29 is 17.9 Å². The minimum Gasteiger partial charge on any atom is -0.460 e. The molecule has 5 nitrogen and oxygen atoms in total. The Morgan fingerprint density at radius 1 is 1.11 bits per heavy atom. The first-order valence-electron chi connectivity index (χ1n) is 9.79. The number of rotatable bonds is 7. The summed E-state index contributed by atoms with van der Waals surface area (Å²) >= 11 is 0. The van der Waals surface area contributed by atoms with Crippen LogP contribution in [0.15, 0.2) is 53.4 Å². The van der Waals surface area contributed by atoms with E-state index < -0.39 is 22.2 Å². The number of hydrogen-bond acceptors (Lipinski definition) is 4. The van der Waals surface area contributed by atoms with Gasteiger partial charge in [0.25, 0.3) is 0 Å². The van der Waals surface area contributed by atoms with Gasteiger partial charge in [-0.1, -0.05) is 54.8 Å². The molecule has 4 rings (SSSR count). The number of hydrogen-bond donors (Lipinski definition) is 1. The van der Waals surface area contributed by atoms with Gasteiger partial charge in [-0.05, 0) is 42.5 Å². The topological polar surface area (TPSA) is 72.5 Å². The van der Waals surface area contributed by atoms with Crippen molar-refractivity contribution in [3.05, 3.63) is 65.2 Å². The molecule has 1 fully saturated rings. The Kier molecular flexibility index (Phi) is 5.25. The lowest BCUT2D eigenvalue weighted by atomic mass is 10.1. The zero-order valence-electron chi connectivity index (χ0n) is 15.9. The third kappa shape index (κ3) is 4.28.